The Kier molecular flexibility index (Phi) is 5.11. The second-order valence-electron chi connectivity index (χ2n) is 5.69. The topological polar surface area (TPSA) is 55.1 Å². The van der Waals surface area contributed by atoms with Crippen LogP contribution in [-0.2, 0) is 4.79 Å². The van der Waals surface area contributed by atoms with Crippen LogP contribution in [0.1, 0.15) is 11.1 Å². The van der Waals surface area contributed by atoms with Crippen LogP contribution in [-0.4, -0.2) is 15.9 Å². The van der Waals surface area contributed by atoms with Crippen molar-refractivity contribution in [1.82, 2.24) is 5.16 Å². The van der Waals surface area contributed by atoms with Crippen molar-refractivity contribution in [2.24, 2.45) is 0 Å². The smallest absolute Gasteiger partial charge is 0.257 e. The Morgan fingerprint density at radius 3 is 2.64 bits per heavy atom. The average Bonchev–Trinajstić information content (AvgIpc) is 3.07. The average molecular weight is 375 g/mol. The molecule has 1 aromatic heterocycles. The van der Waals surface area contributed by atoms with Crippen molar-refractivity contribution < 1.29 is 9.32 Å². The number of alkyl halides is 2. The Bertz CT molecular complexity index is 919. The van der Waals surface area contributed by atoms with E-state index in [9.17, 15) is 4.79 Å². The van der Waals surface area contributed by atoms with E-state index in [0.29, 0.717) is 11.4 Å². The monoisotopic (exact) mass is 374 g/mol. The largest absolute Gasteiger partial charge is 0.356 e. The summed E-state index contributed by atoms with van der Waals surface area (Å²) in [6, 6.07) is 15.2. The molecular weight excluding hydrogens is 359 g/mol. The summed E-state index contributed by atoms with van der Waals surface area (Å²) in [4.78, 5) is 10.5. The van der Waals surface area contributed by atoms with Gasteiger partial charge in [0.05, 0.1) is 0 Å². The molecule has 0 saturated heterocycles. The SMILES string of the molecule is Cc1cccc(-c2cc(-c3cccc(NC(=O)C(Cl)Cl)c3)on2)c1C. The number of rotatable bonds is 4. The van der Waals surface area contributed by atoms with Crippen LogP contribution in [0.15, 0.2) is 53.1 Å². The van der Waals surface area contributed by atoms with Crippen LogP contribution in [0.2, 0.25) is 0 Å². The first-order valence-corrected chi connectivity index (χ1v) is 8.56. The van der Waals surface area contributed by atoms with E-state index in [1.807, 2.05) is 30.3 Å². The standard InChI is InChI=1S/C19H16Cl2N2O2/c1-11-5-3-8-15(12(11)2)16-10-17(25-23-16)13-6-4-7-14(9-13)22-19(24)18(20)21/h3-10,18H,1-2H3,(H,22,24). The zero-order valence-corrected chi connectivity index (χ0v) is 15.2. The minimum absolute atomic E-state index is 0.478. The quantitative estimate of drug-likeness (QED) is 0.624. The van der Waals surface area contributed by atoms with Crippen LogP contribution in [0.5, 0.6) is 0 Å². The Morgan fingerprint density at radius 1 is 1.12 bits per heavy atom. The van der Waals surface area contributed by atoms with E-state index >= 15 is 0 Å². The van der Waals surface area contributed by atoms with E-state index in [-0.39, 0.29) is 0 Å². The molecule has 0 aliphatic heterocycles. The van der Waals surface area contributed by atoms with E-state index < -0.39 is 10.7 Å². The number of carbonyl (C=O) groups excluding carboxylic acids is 1. The number of aromatic nitrogens is 1. The van der Waals surface area contributed by atoms with Crippen molar-refractivity contribution in [2.75, 3.05) is 5.32 Å². The molecule has 0 fully saturated rings. The van der Waals surface area contributed by atoms with Crippen LogP contribution in [0, 0.1) is 13.8 Å². The second-order valence-corrected chi connectivity index (χ2v) is 6.79. The lowest BCUT2D eigenvalue weighted by Crippen LogP contribution is -2.18. The predicted octanol–water partition coefficient (Wildman–Crippen LogP) is 5.37. The molecule has 1 N–H and O–H groups in total. The van der Waals surface area contributed by atoms with Crippen molar-refractivity contribution in [3.63, 3.8) is 0 Å². The highest BCUT2D eigenvalue weighted by molar-refractivity contribution is 6.54. The number of hydrogen-bond donors (Lipinski definition) is 1. The second kappa shape index (κ2) is 7.30. The van der Waals surface area contributed by atoms with Crippen LogP contribution in [0.25, 0.3) is 22.6 Å². The first kappa shape index (κ1) is 17.5. The number of amides is 1. The van der Waals surface area contributed by atoms with E-state index in [4.69, 9.17) is 27.7 Å². The van der Waals surface area contributed by atoms with Gasteiger partial charge in [0.25, 0.3) is 5.91 Å². The van der Waals surface area contributed by atoms with E-state index in [2.05, 4.69) is 30.4 Å². The minimum atomic E-state index is -1.12. The van der Waals surface area contributed by atoms with Gasteiger partial charge in [-0.1, -0.05) is 58.7 Å². The number of aryl methyl sites for hydroxylation is 1. The first-order valence-electron chi connectivity index (χ1n) is 7.68. The molecule has 4 nitrogen and oxygen atoms in total. The van der Waals surface area contributed by atoms with Gasteiger partial charge in [-0.2, -0.15) is 0 Å². The van der Waals surface area contributed by atoms with Crippen molar-refractivity contribution >= 4 is 34.8 Å². The summed E-state index contributed by atoms with van der Waals surface area (Å²) in [5.41, 5.74) is 5.54. The fourth-order valence-electron chi connectivity index (χ4n) is 2.51. The Hall–Kier alpha value is -2.30. The van der Waals surface area contributed by atoms with Gasteiger partial charge in [-0.25, -0.2) is 0 Å². The molecule has 25 heavy (non-hydrogen) atoms. The third-order valence-corrected chi connectivity index (χ3v) is 4.40. The first-order chi connectivity index (χ1) is 12.0. The molecule has 0 spiro atoms. The summed E-state index contributed by atoms with van der Waals surface area (Å²) in [5.74, 6) is 0.134. The molecule has 2 aromatic carbocycles. The summed E-state index contributed by atoms with van der Waals surface area (Å²) in [6.45, 7) is 4.12. The molecule has 1 heterocycles. The van der Waals surface area contributed by atoms with Crippen molar-refractivity contribution in [2.45, 2.75) is 18.7 Å². The molecule has 3 rings (SSSR count). The van der Waals surface area contributed by atoms with Gasteiger partial charge in [0, 0.05) is 22.9 Å². The van der Waals surface area contributed by atoms with Gasteiger partial charge in [-0.05, 0) is 37.1 Å². The van der Waals surface area contributed by atoms with Crippen LogP contribution in [0.3, 0.4) is 0 Å². The molecule has 0 aliphatic rings. The molecular formula is C19H16Cl2N2O2. The van der Waals surface area contributed by atoms with Gasteiger partial charge < -0.3 is 9.84 Å². The summed E-state index contributed by atoms with van der Waals surface area (Å²) in [6.07, 6.45) is 0. The van der Waals surface area contributed by atoms with Crippen LogP contribution in [0.4, 0.5) is 5.69 Å². The number of carbonyl (C=O) groups is 1. The highest BCUT2D eigenvalue weighted by atomic mass is 35.5. The van der Waals surface area contributed by atoms with Gasteiger partial charge >= 0.3 is 0 Å². The van der Waals surface area contributed by atoms with Gasteiger partial charge in [-0.15, -0.1) is 0 Å². The molecule has 0 unspecified atom stereocenters. The fourth-order valence-corrected chi connectivity index (χ4v) is 2.62. The number of nitrogens with zero attached hydrogens (tertiary/aromatic N) is 1. The van der Waals surface area contributed by atoms with E-state index in [0.717, 1.165) is 16.8 Å². The molecule has 0 radical (unpaired) electrons. The number of anilines is 1. The van der Waals surface area contributed by atoms with Crippen LogP contribution >= 0.6 is 23.2 Å². The molecule has 0 bridgehead atoms. The summed E-state index contributed by atoms with van der Waals surface area (Å²) < 4.78 is 5.49. The van der Waals surface area contributed by atoms with Crippen molar-refractivity contribution in [1.29, 1.82) is 0 Å². The Balaban J connectivity index is 1.90. The van der Waals surface area contributed by atoms with Gasteiger partial charge in [0.15, 0.2) is 10.6 Å². The normalized spacial score (nSPS) is 10.9. The molecule has 3 aromatic rings. The maximum atomic E-state index is 11.6. The lowest BCUT2D eigenvalue weighted by molar-refractivity contribution is -0.114. The number of halogens is 2. The Morgan fingerprint density at radius 2 is 1.88 bits per heavy atom. The number of nitrogens with one attached hydrogen (secondary N) is 1. The van der Waals surface area contributed by atoms with Gasteiger partial charge in [0.2, 0.25) is 0 Å². The van der Waals surface area contributed by atoms with E-state index in [1.54, 1.807) is 12.1 Å². The number of hydrogen-bond acceptors (Lipinski definition) is 3. The van der Waals surface area contributed by atoms with Crippen molar-refractivity contribution in [3.8, 4) is 22.6 Å². The maximum Gasteiger partial charge on any atom is 0.257 e. The fraction of sp³-hybridized carbons (Fsp3) is 0.158. The Labute approximate surface area is 155 Å². The zero-order valence-electron chi connectivity index (χ0n) is 13.7. The van der Waals surface area contributed by atoms with Crippen LogP contribution < -0.4 is 5.32 Å². The third kappa shape index (κ3) is 3.86. The highest BCUT2D eigenvalue weighted by Gasteiger charge is 2.14. The molecule has 0 aliphatic carbocycles. The summed E-state index contributed by atoms with van der Waals surface area (Å²) in [5, 5.41) is 6.82. The summed E-state index contributed by atoms with van der Waals surface area (Å²) in [7, 11) is 0. The molecule has 128 valence electrons. The molecule has 0 atom stereocenters. The van der Waals surface area contributed by atoms with Crippen molar-refractivity contribution in [3.05, 3.63) is 59.7 Å². The lowest BCUT2D eigenvalue weighted by atomic mass is 10.0. The maximum absolute atomic E-state index is 11.6. The highest BCUT2D eigenvalue weighted by Crippen LogP contribution is 2.30. The van der Waals surface area contributed by atoms with Gasteiger partial charge in [0.1, 0.15) is 5.69 Å². The number of benzene rings is 2. The molecule has 0 saturated carbocycles. The zero-order chi connectivity index (χ0) is 18.0. The lowest BCUT2D eigenvalue weighted by Gasteiger charge is -2.06. The molecule has 6 heteroatoms. The third-order valence-electron chi connectivity index (χ3n) is 4.00. The minimum Gasteiger partial charge on any atom is -0.356 e. The molecule has 1 amide bonds. The summed E-state index contributed by atoms with van der Waals surface area (Å²) >= 11 is 11.1. The van der Waals surface area contributed by atoms with E-state index in [1.165, 1.54) is 11.1 Å². The van der Waals surface area contributed by atoms with Gasteiger partial charge in [-0.3, -0.25) is 4.79 Å². The predicted molar refractivity (Wildman–Crippen MR) is 101 cm³/mol.